The molecule has 2 rings (SSSR count). The number of nitrogens with two attached hydrogens (primary N) is 1. The van der Waals surface area contributed by atoms with Crippen LogP contribution in [0.2, 0.25) is 0 Å². The Morgan fingerprint density at radius 2 is 2.16 bits per heavy atom. The monoisotopic (exact) mass is 374 g/mol. The number of rotatable bonds is 3. The molecule has 1 aliphatic rings. The van der Waals surface area contributed by atoms with E-state index in [2.05, 4.69) is 27.9 Å². The first-order valence-corrected chi connectivity index (χ1v) is 7.51. The quantitative estimate of drug-likeness (QED) is 0.799. The Balaban J connectivity index is 2.12. The molecule has 3 N–H and O–H groups in total. The summed E-state index contributed by atoms with van der Waals surface area (Å²) in [4.78, 5) is 12.5. The Bertz CT molecular complexity index is 471. The van der Waals surface area contributed by atoms with Crippen molar-refractivity contribution in [1.82, 2.24) is 0 Å². The van der Waals surface area contributed by atoms with E-state index in [0.29, 0.717) is 32.6 Å². The van der Waals surface area contributed by atoms with Crippen LogP contribution in [0.4, 0.5) is 5.69 Å². The van der Waals surface area contributed by atoms with Crippen molar-refractivity contribution in [1.29, 1.82) is 0 Å². The molecule has 0 atom stereocenters. The van der Waals surface area contributed by atoms with Crippen LogP contribution in [0.1, 0.15) is 18.4 Å². The topological polar surface area (TPSA) is 64.4 Å². The number of hydrogen-bond donors (Lipinski definition) is 2. The summed E-state index contributed by atoms with van der Waals surface area (Å²) in [5.41, 5.74) is 7.39. The molecule has 5 heteroatoms. The van der Waals surface area contributed by atoms with Crippen molar-refractivity contribution in [2.45, 2.75) is 19.8 Å². The molecule has 4 nitrogen and oxygen atoms in total. The number of carbonyl (C=O) groups excluding carboxylic acids is 1. The summed E-state index contributed by atoms with van der Waals surface area (Å²) in [6.45, 7) is 3.63. The minimum atomic E-state index is -0.478. The Morgan fingerprint density at radius 3 is 2.74 bits per heavy atom. The fourth-order valence-corrected chi connectivity index (χ4v) is 2.74. The van der Waals surface area contributed by atoms with Gasteiger partial charge in [-0.15, -0.1) is 0 Å². The number of nitrogens with one attached hydrogen (secondary N) is 1. The van der Waals surface area contributed by atoms with Gasteiger partial charge in [0, 0.05) is 29.0 Å². The van der Waals surface area contributed by atoms with E-state index in [1.165, 1.54) is 5.56 Å². The third-order valence-corrected chi connectivity index (χ3v) is 4.91. The lowest BCUT2D eigenvalue weighted by molar-refractivity contribution is -0.130. The molecule has 104 valence electrons. The molecule has 0 radical (unpaired) electrons. The third kappa shape index (κ3) is 3.27. The highest BCUT2D eigenvalue weighted by Gasteiger charge is 2.38. The van der Waals surface area contributed by atoms with Gasteiger partial charge in [0.05, 0.1) is 5.41 Å². The maximum absolute atomic E-state index is 12.5. The highest BCUT2D eigenvalue weighted by Crippen LogP contribution is 2.31. The van der Waals surface area contributed by atoms with E-state index in [1.807, 2.05) is 25.1 Å². The van der Waals surface area contributed by atoms with Gasteiger partial charge < -0.3 is 15.8 Å². The van der Waals surface area contributed by atoms with Crippen LogP contribution in [0.3, 0.4) is 0 Å². The maximum Gasteiger partial charge on any atom is 0.232 e. The first-order valence-electron chi connectivity index (χ1n) is 6.43. The lowest BCUT2D eigenvalue weighted by atomic mass is 9.79. The highest BCUT2D eigenvalue weighted by atomic mass is 127. The predicted molar refractivity (Wildman–Crippen MR) is 84.1 cm³/mol. The van der Waals surface area contributed by atoms with Crippen LogP contribution < -0.4 is 11.1 Å². The summed E-state index contributed by atoms with van der Waals surface area (Å²) in [5.74, 6) is 0.0120. The molecule has 1 fully saturated rings. The number of ether oxygens (including phenoxy) is 1. The van der Waals surface area contributed by atoms with Gasteiger partial charge in [-0.05, 0) is 60.1 Å². The smallest absolute Gasteiger partial charge is 0.232 e. The molecule has 1 amide bonds. The molecule has 1 aromatic rings. The molecule has 0 aromatic heterocycles. The van der Waals surface area contributed by atoms with Crippen LogP contribution in [0.5, 0.6) is 0 Å². The van der Waals surface area contributed by atoms with E-state index >= 15 is 0 Å². The van der Waals surface area contributed by atoms with E-state index in [0.717, 1.165) is 9.26 Å². The molecule has 1 aliphatic heterocycles. The first kappa shape index (κ1) is 14.7. The molecule has 1 saturated heterocycles. The van der Waals surface area contributed by atoms with E-state index in [-0.39, 0.29) is 5.91 Å². The van der Waals surface area contributed by atoms with E-state index < -0.39 is 5.41 Å². The fraction of sp³-hybridized carbons (Fsp3) is 0.500. The second-order valence-corrected chi connectivity index (χ2v) is 6.18. The van der Waals surface area contributed by atoms with Gasteiger partial charge in [-0.3, -0.25) is 4.79 Å². The normalized spacial score (nSPS) is 18.1. The maximum atomic E-state index is 12.5. The number of halogens is 1. The SMILES string of the molecule is Cc1ccc(NC(=O)C2(CN)CCOCC2)cc1I. The van der Waals surface area contributed by atoms with Crippen molar-refractivity contribution >= 4 is 34.2 Å². The zero-order chi connectivity index (χ0) is 13.9. The summed E-state index contributed by atoms with van der Waals surface area (Å²) >= 11 is 2.27. The molecule has 19 heavy (non-hydrogen) atoms. The fourth-order valence-electron chi connectivity index (χ4n) is 2.22. The van der Waals surface area contributed by atoms with Crippen LogP contribution in [-0.2, 0) is 9.53 Å². The molecular formula is C14H19IN2O2. The summed E-state index contributed by atoms with van der Waals surface area (Å²) in [6.07, 6.45) is 1.39. The second kappa shape index (κ2) is 6.19. The largest absolute Gasteiger partial charge is 0.381 e. The van der Waals surface area contributed by atoms with E-state index in [4.69, 9.17) is 10.5 Å². The number of anilines is 1. The molecule has 0 unspecified atom stereocenters. The number of carbonyl (C=O) groups is 1. The van der Waals surface area contributed by atoms with Gasteiger partial charge in [0.2, 0.25) is 5.91 Å². The van der Waals surface area contributed by atoms with Gasteiger partial charge in [0.15, 0.2) is 0 Å². The van der Waals surface area contributed by atoms with Crippen LogP contribution in [-0.4, -0.2) is 25.7 Å². The summed E-state index contributed by atoms with van der Waals surface area (Å²) in [5, 5.41) is 2.99. The van der Waals surface area contributed by atoms with Crippen molar-refractivity contribution in [3.8, 4) is 0 Å². The zero-order valence-electron chi connectivity index (χ0n) is 11.0. The Hall–Kier alpha value is -0.660. The minimum Gasteiger partial charge on any atom is -0.381 e. The first-order chi connectivity index (χ1) is 9.07. The lowest BCUT2D eigenvalue weighted by Gasteiger charge is -2.34. The lowest BCUT2D eigenvalue weighted by Crippen LogP contribution is -2.46. The number of aryl methyl sites for hydroxylation is 1. The van der Waals surface area contributed by atoms with Gasteiger partial charge >= 0.3 is 0 Å². The van der Waals surface area contributed by atoms with E-state index in [1.54, 1.807) is 0 Å². The summed E-state index contributed by atoms with van der Waals surface area (Å²) in [6, 6.07) is 5.92. The molecule has 0 saturated carbocycles. The van der Waals surface area contributed by atoms with Crippen molar-refractivity contribution in [3.63, 3.8) is 0 Å². The summed E-state index contributed by atoms with van der Waals surface area (Å²) in [7, 11) is 0. The second-order valence-electron chi connectivity index (χ2n) is 5.01. The van der Waals surface area contributed by atoms with Gasteiger partial charge in [-0.2, -0.15) is 0 Å². The van der Waals surface area contributed by atoms with Crippen molar-refractivity contribution in [2.24, 2.45) is 11.1 Å². The highest BCUT2D eigenvalue weighted by molar-refractivity contribution is 14.1. The molecule has 0 aliphatic carbocycles. The Labute approximate surface area is 127 Å². The average molecular weight is 374 g/mol. The van der Waals surface area contributed by atoms with Gasteiger partial charge in [0.25, 0.3) is 0 Å². The molecule has 0 bridgehead atoms. The number of amides is 1. The molecule has 0 spiro atoms. The minimum absolute atomic E-state index is 0.0120. The van der Waals surface area contributed by atoms with Gasteiger partial charge in [0.1, 0.15) is 0 Å². The van der Waals surface area contributed by atoms with Crippen LogP contribution in [0.25, 0.3) is 0 Å². The van der Waals surface area contributed by atoms with Gasteiger partial charge in [-0.1, -0.05) is 6.07 Å². The third-order valence-electron chi connectivity index (χ3n) is 3.75. The number of hydrogen-bond acceptors (Lipinski definition) is 3. The van der Waals surface area contributed by atoms with Crippen LogP contribution in [0.15, 0.2) is 18.2 Å². The van der Waals surface area contributed by atoms with Gasteiger partial charge in [-0.25, -0.2) is 0 Å². The summed E-state index contributed by atoms with van der Waals surface area (Å²) < 4.78 is 6.47. The van der Waals surface area contributed by atoms with Crippen LogP contribution in [0, 0.1) is 15.9 Å². The Kier molecular flexibility index (Phi) is 4.81. The van der Waals surface area contributed by atoms with Crippen molar-refractivity contribution < 1.29 is 9.53 Å². The molecule has 1 heterocycles. The number of benzene rings is 1. The average Bonchev–Trinajstić information content (AvgIpc) is 2.43. The predicted octanol–water partition coefficient (Wildman–Crippen LogP) is 2.29. The standard InChI is InChI=1S/C14H19IN2O2/c1-10-2-3-11(8-12(10)15)17-13(18)14(9-16)4-6-19-7-5-14/h2-3,8H,4-7,9,16H2,1H3,(H,17,18). The Morgan fingerprint density at radius 1 is 1.47 bits per heavy atom. The van der Waals surface area contributed by atoms with Crippen LogP contribution >= 0.6 is 22.6 Å². The van der Waals surface area contributed by atoms with E-state index in [9.17, 15) is 4.79 Å². The molecular weight excluding hydrogens is 355 g/mol. The van der Waals surface area contributed by atoms with Crippen molar-refractivity contribution in [2.75, 3.05) is 25.1 Å². The van der Waals surface area contributed by atoms with Crippen molar-refractivity contribution in [3.05, 3.63) is 27.3 Å². The zero-order valence-corrected chi connectivity index (χ0v) is 13.2. The molecule has 1 aromatic carbocycles.